The molecule has 0 spiro atoms. The predicted octanol–water partition coefficient (Wildman–Crippen LogP) is 1.84. The smallest absolute Gasteiger partial charge is 0.303 e. The van der Waals surface area contributed by atoms with Crippen molar-refractivity contribution in [3.63, 3.8) is 0 Å². The van der Waals surface area contributed by atoms with Crippen molar-refractivity contribution in [2.75, 3.05) is 5.32 Å². The van der Waals surface area contributed by atoms with Crippen LogP contribution in [-0.2, 0) is 4.79 Å². The molecule has 0 saturated heterocycles. The number of para-hydroxylation sites is 1. The van der Waals surface area contributed by atoms with Crippen LogP contribution < -0.4 is 11.1 Å². The van der Waals surface area contributed by atoms with Crippen molar-refractivity contribution < 1.29 is 14.7 Å². The topological polar surface area (TPSA) is 92.4 Å². The number of benzene rings is 1. The molecule has 1 rings (SSSR count). The Bertz CT molecular complexity index is 432. The van der Waals surface area contributed by atoms with Gasteiger partial charge >= 0.3 is 5.97 Å². The van der Waals surface area contributed by atoms with Gasteiger partial charge in [0.2, 0.25) is 0 Å². The summed E-state index contributed by atoms with van der Waals surface area (Å²) in [7, 11) is 0. The number of amides is 1. The molecule has 98 valence electrons. The average Bonchev–Trinajstić information content (AvgIpc) is 2.28. The summed E-state index contributed by atoms with van der Waals surface area (Å²) in [6, 6.07) is 7.10. The summed E-state index contributed by atoms with van der Waals surface area (Å²) in [6.07, 6.45) is 1.48. The molecule has 0 aliphatic carbocycles. The highest BCUT2D eigenvalue weighted by molar-refractivity contribution is 5.98. The van der Waals surface area contributed by atoms with E-state index in [1.807, 2.05) is 13.0 Å². The molecular formula is C13H18N2O3. The van der Waals surface area contributed by atoms with E-state index in [2.05, 4.69) is 5.32 Å². The number of nitrogens with one attached hydrogen (secondary N) is 1. The van der Waals surface area contributed by atoms with Crippen molar-refractivity contribution in [2.45, 2.75) is 32.2 Å². The molecule has 1 aromatic carbocycles. The first-order valence-electron chi connectivity index (χ1n) is 5.88. The molecule has 0 aliphatic heterocycles. The Balaban J connectivity index is 2.56. The number of anilines is 1. The number of primary amides is 1. The summed E-state index contributed by atoms with van der Waals surface area (Å²) < 4.78 is 0. The number of carboxylic acids is 1. The normalized spacial score (nSPS) is 11.8. The third kappa shape index (κ3) is 4.45. The molecular weight excluding hydrogens is 232 g/mol. The Morgan fingerprint density at radius 1 is 1.39 bits per heavy atom. The van der Waals surface area contributed by atoms with Crippen LogP contribution in [0.2, 0.25) is 0 Å². The quantitative estimate of drug-likeness (QED) is 0.688. The minimum atomic E-state index is -0.792. The van der Waals surface area contributed by atoms with Crippen LogP contribution in [0.5, 0.6) is 0 Å². The van der Waals surface area contributed by atoms with E-state index in [0.717, 1.165) is 6.42 Å². The maximum Gasteiger partial charge on any atom is 0.303 e. The van der Waals surface area contributed by atoms with Gasteiger partial charge in [-0.3, -0.25) is 9.59 Å². The molecule has 18 heavy (non-hydrogen) atoms. The van der Waals surface area contributed by atoms with Gasteiger partial charge in [0.05, 0.1) is 5.56 Å². The van der Waals surface area contributed by atoms with Gasteiger partial charge in [0, 0.05) is 18.2 Å². The highest BCUT2D eigenvalue weighted by Crippen LogP contribution is 2.16. The first kappa shape index (κ1) is 14.0. The number of nitrogens with two attached hydrogens (primary N) is 1. The monoisotopic (exact) mass is 250 g/mol. The summed E-state index contributed by atoms with van der Waals surface area (Å²) >= 11 is 0. The summed E-state index contributed by atoms with van der Waals surface area (Å²) in [5.74, 6) is -1.27. The Morgan fingerprint density at radius 2 is 2.06 bits per heavy atom. The number of carboxylic acid groups (broad SMARTS) is 1. The van der Waals surface area contributed by atoms with Crippen molar-refractivity contribution in [1.29, 1.82) is 0 Å². The van der Waals surface area contributed by atoms with E-state index < -0.39 is 11.9 Å². The van der Waals surface area contributed by atoms with Crippen molar-refractivity contribution >= 4 is 17.6 Å². The molecule has 4 N–H and O–H groups in total. The first-order chi connectivity index (χ1) is 8.50. The van der Waals surface area contributed by atoms with Gasteiger partial charge in [-0.1, -0.05) is 12.1 Å². The Morgan fingerprint density at radius 3 is 2.67 bits per heavy atom. The standard InChI is InChI=1S/C13H18N2O3/c1-9(5-4-8-12(16)17)15-11-7-3-2-6-10(11)13(14)18/h2-3,6-7,9,15H,4-5,8H2,1H3,(H2,14,18)(H,16,17). The van der Waals surface area contributed by atoms with Gasteiger partial charge in [-0.05, 0) is 31.9 Å². The second kappa shape index (κ2) is 6.64. The van der Waals surface area contributed by atoms with Crippen LogP contribution >= 0.6 is 0 Å². The summed E-state index contributed by atoms with van der Waals surface area (Å²) in [5.41, 5.74) is 6.41. The predicted molar refractivity (Wildman–Crippen MR) is 69.5 cm³/mol. The zero-order valence-corrected chi connectivity index (χ0v) is 10.3. The highest BCUT2D eigenvalue weighted by Gasteiger charge is 2.10. The fraction of sp³-hybridized carbons (Fsp3) is 0.385. The molecule has 1 unspecified atom stereocenters. The third-order valence-corrected chi connectivity index (χ3v) is 2.62. The van der Waals surface area contributed by atoms with Crippen molar-refractivity contribution in [3.05, 3.63) is 29.8 Å². The third-order valence-electron chi connectivity index (χ3n) is 2.62. The maximum atomic E-state index is 11.2. The molecule has 0 aromatic heterocycles. The van der Waals surface area contributed by atoms with Gasteiger partial charge in [0.25, 0.3) is 5.91 Å². The zero-order chi connectivity index (χ0) is 13.5. The Kier molecular flexibility index (Phi) is 5.17. The molecule has 0 bridgehead atoms. The van der Waals surface area contributed by atoms with Crippen LogP contribution in [0.15, 0.2) is 24.3 Å². The van der Waals surface area contributed by atoms with Gasteiger partial charge < -0.3 is 16.2 Å². The van der Waals surface area contributed by atoms with Crippen LogP contribution in [0.4, 0.5) is 5.69 Å². The second-order valence-electron chi connectivity index (χ2n) is 4.24. The van der Waals surface area contributed by atoms with E-state index >= 15 is 0 Å². The van der Waals surface area contributed by atoms with Gasteiger partial charge in [-0.15, -0.1) is 0 Å². The fourth-order valence-electron chi connectivity index (χ4n) is 1.72. The lowest BCUT2D eigenvalue weighted by Crippen LogP contribution is -2.20. The zero-order valence-electron chi connectivity index (χ0n) is 10.3. The molecule has 1 atom stereocenters. The Hall–Kier alpha value is -2.04. The van der Waals surface area contributed by atoms with E-state index in [4.69, 9.17) is 10.8 Å². The maximum absolute atomic E-state index is 11.2. The molecule has 0 aliphatic rings. The summed E-state index contributed by atoms with van der Waals surface area (Å²) in [4.78, 5) is 21.6. The number of carbonyl (C=O) groups excluding carboxylic acids is 1. The summed E-state index contributed by atoms with van der Waals surface area (Å²) in [5, 5.41) is 11.7. The molecule has 5 heteroatoms. The largest absolute Gasteiger partial charge is 0.481 e. The van der Waals surface area contributed by atoms with Gasteiger partial charge in [0.1, 0.15) is 0 Å². The fourth-order valence-corrected chi connectivity index (χ4v) is 1.72. The number of rotatable bonds is 7. The van der Waals surface area contributed by atoms with Gasteiger partial charge in [-0.2, -0.15) is 0 Å². The van der Waals surface area contributed by atoms with Crippen LogP contribution in [0.3, 0.4) is 0 Å². The van der Waals surface area contributed by atoms with Crippen LogP contribution in [0.25, 0.3) is 0 Å². The van der Waals surface area contributed by atoms with E-state index in [-0.39, 0.29) is 12.5 Å². The molecule has 0 fully saturated rings. The van der Waals surface area contributed by atoms with Crippen LogP contribution in [-0.4, -0.2) is 23.0 Å². The van der Waals surface area contributed by atoms with E-state index in [1.54, 1.807) is 18.2 Å². The number of hydrogen-bond acceptors (Lipinski definition) is 3. The lowest BCUT2D eigenvalue weighted by Gasteiger charge is -2.16. The van der Waals surface area contributed by atoms with E-state index in [1.165, 1.54) is 0 Å². The first-order valence-corrected chi connectivity index (χ1v) is 5.88. The van der Waals surface area contributed by atoms with Crippen LogP contribution in [0.1, 0.15) is 36.5 Å². The van der Waals surface area contributed by atoms with Crippen LogP contribution in [0, 0.1) is 0 Å². The molecule has 0 saturated carbocycles. The van der Waals surface area contributed by atoms with E-state index in [0.29, 0.717) is 17.7 Å². The van der Waals surface area contributed by atoms with Gasteiger partial charge in [0.15, 0.2) is 0 Å². The molecule has 1 amide bonds. The highest BCUT2D eigenvalue weighted by atomic mass is 16.4. The molecule has 0 heterocycles. The van der Waals surface area contributed by atoms with E-state index in [9.17, 15) is 9.59 Å². The molecule has 0 radical (unpaired) electrons. The number of aliphatic carboxylic acids is 1. The van der Waals surface area contributed by atoms with Gasteiger partial charge in [-0.25, -0.2) is 0 Å². The summed E-state index contributed by atoms with van der Waals surface area (Å²) in [6.45, 7) is 1.94. The lowest BCUT2D eigenvalue weighted by molar-refractivity contribution is -0.137. The van der Waals surface area contributed by atoms with Crippen molar-refractivity contribution in [3.8, 4) is 0 Å². The minimum Gasteiger partial charge on any atom is -0.481 e. The molecule has 1 aromatic rings. The average molecular weight is 250 g/mol. The Labute approximate surface area is 106 Å². The number of hydrogen-bond donors (Lipinski definition) is 3. The minimum absolute atomic E-state index is 0.0878. The SMILES string of the molecule is CC(CCCC(=O)O)Nc1ccccc1C(N)=O. The van der Waals surface area contributed by atoms with Crippen molar-refractivity contribution in [1.82, 2.24) is 0 Å². The number of carbonyl (C=O) groups is 2. The van der Waals surface area contributed by atoms with Crippen molar-refractivity contribution in [2.24, 2.45) is 5.73 Å². The molecule has 5 nitrogen and oxygen atoms in total. The second-order valence-corrected chi connectivity index (χ2v) is 4.24. The lowest BCUT2D eigenvalue weighted by atomic mass is 10.1.